The Morgan fingerprint density at radius 2 is 1.35 bits per heavy atom. The molecular weight excluding hydrogens is 392 g/mol. The van der Waals surface area contributed by atoms with Gasteiger partial charge in [0.15, 0.2) is 0 Å². The number of esters is 1. The highest BCUT2D eigenvalue weighted by molar-refractivity contribution is 6.05. The number of carbonyl (C=O) groups is 1. The topological polar surface area (TPSA) is 54.0 Å². The second kappa shape index (κ2) is 10.9. The molecular formula is C26H30O5. The zero-order valence-corrected chi connectivity index (χ0v) is 18.4. The Labute approximate surface area is 183 Å². The van der Waals surface area contributed by atoms with Gasteiger partial charge in [-0.25, -0.2) is 4.79 Å². The van der Waals surface area contributed by atoms with Crippen molar-refractivity contribution in [3.8, 4) is 5.75 Å². The Balaban J connectivity index is 1.54. The summed E-state index contributed by atoms with van der Waals surface area (Å²) in [5.41, 5.74) is 0. The molecule has 3 aromatic rings. The maximum absolute atomic E-state index is 11.2. The molecule has 0 saturated heterocycles. The number of hydrogen-bond acceptors (Lipinski definition) is 5. The van der Waals surface area contributed by atoms with Gasteiger partial charge in [0.1, 0.15) is 18.5 Å². The third kappa shape index (κ3) is 6.29. The van der Waals surface area contributed by atoms with E-state index in [-0.39, 0.29) is 18.3 Å². The van der Waals surface area contributed by atoms with Gasteiger partial charge in [0.2, 0.25) is 0 Å². The molecule has 0 aliphatic carbocycles. The average Bonchev–Trinajstić information content (AvgIpc) is 2.78. The molecule has 3 aromatic carbocycles. The van der Waals surface area contributed by atoms with Crippen LogP contribution in [-0.2, 0) is 19.0 Å². The number of ether oxygens (including phenoxy) is 4. The molecule has 3 rings (SSSR count). The minimum absolute atomic E-state index is 0.111. The SMILES string of the molecule is C=CC(=O)OC(C)COC(C)COC(C)COc1c2ccccc2cc2ccccc12. The molecule has 0 bridgehead atoms. The maximum atomic E-state index is 11.2. The summed E-state index contributed by atoms with van der Waals surface area (Å²) < 4.78 is 22.9. The van der Waals surface area contributed by atoms with Crippen LogP contribution < -0.4 is 4.74 Å². The summed E-state index contributed by atoms with van der Waals surface area (Å²) >= 11 is 0. The summed E-state index contributed by atoms with van der Waals surface area (Å²) in [5, 5.41) is 4.48. The van der Waals surface area contributed by atoms with Crippen LogP contribution in [0, 0.1) is 0 Å². The lowest BCUT2D eigenvalue weighted by molar-refractivity contribution is -0.147. The second-order valence-electron chi connectivity index (χ2n) is 7.70. The van der Waals surface area contributed by atoms with E-state index in [1.807, 2.05) is 38.1 Å². The molecule has 0 amide bonds. The monoisotopic (exact) mass is 422 g/mol. The van der Waals surface area contributed by atoms with E-state index in [4.69, 9.17) is 18.9 Å². The third-order valence-corrected chi connectivity index (χ3v) is 4.90. The van der Waals surface area contributed by atoms with Gasteiger partial charge in [-0.05, 0) is 37.6 Å². The first kappa shape index (κ1) is 22.8. The van der Waals surface area contributed by atoms with Crippen LogP contribution in [0.15, 0.2) is 67.3 Å². The number of benzene rings is 3. The number of carbonyl (C=O) groups excluding carboxylic acids is 1. The number of rotatable bonds is 11. The van der Waals surface area contributed by atoms with Crippen molar-refractivity contribution in [1.82, 2.24) is 0 Å². The Morgan fingerprint density at radius 1 is 0.839 bits per heavy atom. The molecule has 5 nitrogen and oxygen atoms in total. The summed E-state index contributed by atoms with van der Waals surface area (Å²) in [7, 11) is 0. The normalized spacial score (nSPS) is 14.2. The first-order valence-corrected chi connectivity index (χ1v) is 10.6. The highest BCUT2D eigenvalue weighted by atomic mass is 16.6. The molecule has 3 atom stereocenters. The summed E-state index contributed by atoms with van der Waals surface area (Å²) in [5.74, 6) is 0.429. The van der Waals surface area contributed by atoms with E-state index in [0.29, 0.717) is 19.8 Å². The maximum Gasteiger partial charge on any atom is 0.330 e. The van der Waals surface area contributed by atoms with Crippen molar-refractivity contribution in [1.29, 1.82) is 0 Å². The highest BCUT2D eigenvalue weighted by Gasteiger charge is 2.14. The molecule has 0 spiro atoms. The summed E-state index contributed by atoms with van der Waals surface area (Å²) in [4.78, 5) is 11.2. The van der Waals surface area contributed by atoms with E-state index in [0.717, 1.165) is 33.4 Å². The molecule has 0 aromatic heterocycles. The van der Waals surface area contributed by atoms with Gasteiger partial charge in [0, 0.05) is 16.8 Å². The van der Waals surface area contributed by atoms with Crippen LogP contribution in [0.5, 0.6) is 5.75 Å². The summed E-state index contributed by atoms with van der Waals surface area (Å²) in [6.07, 6.45) is 0.558. The lowest BCUT2D eigenvalue weighted by atomic mass is 10.0. The van der Waals surface area contributed by atoms with Crippen molar-refractivity contribution in [3.05, 3.63) is 67.3 Å². The van der Waals surface area contributed by atoms with Gasteiger partial charge in [-0.3, -0.25) is 0 Å². The zero-order chi connectivity index (χ0) is 22.2. The van der Waals surface area contributed by atoms with E-state index in [1.165, 1.54) is 0 Å². The lowest BCUT2D eigenvalue weighted by Gasteiger charge is -2.20. The fraction of sp³-hybridized carbons (Fsp3) is 0.346. The van der Waals surface area contributed by atoms with E-state index in [1.54, 1.807) is 6.92 Å². The zero-order valence-electron chi connectivity index (χ0n) is 18.4. The van der Waals surface area contributed by atoms with Crippen molar-refractivity contribution < 1.29 is 23.7 Å². The van der Waals surface area contributed by atoms with E-state index >= 15 is 0 Å². The Bertz CT molecular complexity index is 975. The van der Waals surface area contributed by atoms with Crippen molar-refractivity contribution >= 4 is 27.5 Å². The van der Waals surface area contributed by atoms with Gasteiger partial charge in [0.25, 0.3) is 0 Å². The molecule has 0 fully saturated rings. The summed E-state index contributed by atoms with van der Waals surface area (Å²) in [6, 6.07) is 18.7. The number of hydrogen-bond donors (Lipinski definition) is 0. The first-order chi connectivity index (χ1) is 15.0. The van der Waals surface area contributed by atoms with Crippen LogP contribution in [0.2, 0.25) is 0 Å². The van der Waals surface area contributed by atoms with Gasteiger partial charge < -0.3 is 18.9 Å². The predicted molar refractivity (Wildman–Crippen MR) is 124 cm³/mol. The van der Waals surface area contributed by atoms with Crippen molar-refractivity contribution in [2.24, 2.45) is 0 Å². The second-order valence-corrected chi connectivity index (χ2v) is 7.70. The molecule has 0 heterocycles. The van der Waals surface area contributed by atoms with Crippen molar-refractivity contribution in [3.63, 3.8) is 0 Å². The third-order valence-electron chi connectivity index (χ3n) is 4.90. The van der Waals surface area contributed by atoms with Crippen LogP contribution in [0.3, 0.4) is 0 Å². The molecule has 0 saturated carbocycles. The van der Waals surface area contributed by atoms with Gasteiger partial charge in [-0.2, -0.15) is 0 Å². The van der Waals surface area contributed by atoms with Crippen molar-refractivity contribution in [2.45, 2.75) is 39.1 Å². The van der Waals surface area contributed by atoms with Crippen LogP contribution in [0.25, 0.3) is 21.5 Å². The molecule has 0 aliphatic rings. The smallest absolute Gasteiger partial charge is 0.330 e. The van der Waals surface area contributed by atoms with Gasteiger partial charge >= 0.3 is 5.97 Å². The molecule has 3 unspecified atom stereocenters. The molecule has 164 valence electrons. The van der Waals surface area contributed by atoms with Gasteiger partial charge in [-0.1, -0.05) is 55.1 Å². The van der Waals surface area contributed by atoms with E-state index in [2.05, 4.69) is 36.9 Å². The average molecular weight is 423 g/mol. The Hall–Kier alpha value is -2.89. The van der Waals surface area contributed by atoms with Crippen LogP contribution in [0.1, 0.15) is 20.8 Å². The van der Waals surface area contributed by atoms with Crippen molar-refractivity contribution in [2.75, 3.05) is 19.8 Å². The van der Waals surface area contributed by atoms with Crippen LogP contribution in [-0.4, -0.2) is 44.1 Å². The molecule has 5 heteroatoms. The fourth-order valence-corrected chi connectivity index (χ4v) is 3.30. The van der Waals surface area contributed by atoms with Gasteiger partial charge in [-0.15, -0.1) is 0 Å². The lowest BCUT2D eigenvalue weighted by Crippen LogP contribution is -2.27. The first-order valence-electron chi connectivity index (χ1n) is 10.6. The van der Waals surface area contributed by atoms with Crippen LogP contribution >= 0.6 is 0 Å². The number of fused-ring (bicyclic) bond motifs is 2. The molecule has 0 N–H and O–H groups in total. The van der Waals surface area contributed by atoms with Crippen LogP contribution in [0.4, 0.5) is 0 Å². The van der Waals surface area contributed by atoms with E-state index in [9.17, 15) is 4.79 Å². The van der Waals surface area contributed by atoms with E-state index < -0.39 is 5.97 Å². The van der Waals surface area contributed by atoms with Gasteiger partial charge in [0.05, 0.1) is 25.4 Å². The predicted octanol–water partition coefficient (Wildman–Crippen LogP) is 5.30. The quantitative estimate of drug-likeness (QED) is 0.238. The highest BCUT2D eigenvalue weighted by Crippen LogP contribution is 2.34. The Kier molecular flexibility index (Phi) is 8.04. The Morgan fingerprint density at radius 3 is 1.94 bits per heavy atom. The summed E-state index contributed by atoms with van der Waals surface area (Å²) in [6.45, 7) is 10.2. The molecule has 0 radical (unpaired) electrons. The fourth-order valence-electron chi connectivity index (χ4n) is 3.30. The standard InChI is InChI=1S/C26H30O5/c1-5-25(27)31-20(4)17-29-18(2)15-28-19(3)16-30-26-23-12-8-6-10-21(23)14-22-11-7-9-13-24(22)26/h5-14,18-20H,1,15-17H2,2-4H3. The minimum atomic E-state index is -0.452. The minimum Gasteiger partial charge on any atom is -0.490 e. The molecule has 31 heavy (non-hydrogen) atoms. The molecule has 0 aliphatic heterocycles. The largest absolute Gasteiger partial charge is 0.490 e.